The summed E-state index contributed by atoms with van der Waals surface area (Å²) in [7, 11) is 1.65. The van der Waals surface area contributed by atoms with Gasteiger partial charge in [0, 0.05) is 40.5 Å². The molecule has 0 saturated carbocycles. The minimum Gasteiger partial charge on any atom is -0.507 e. The van der Waals surface area contributed by atoms with Crippen LogP contribution in [0.5, 0.6) is 17.2 Å². The molecule has 0 aliphatic carbocycles. The standard InChI is InChI=1S/C50H42O4/c1-32-25-42(40-21-11-17-36-15-7-9-19-38(36)40)48(51)44(27-32)46-30-35(29-34-13-5-4-6-14-34)31-47(50(46)54-24-23-53-3)45-28-33(2)26-43(49(45)52)41-22-12-18-37-16-8-10-20-39(37)41/h4-22,25-28,30-31,51-52H,23-24,29H2,1-3H3. The molecule has 0 saturated heterocycles. The Morgan fingerprint density at radius 1 is 0.426 bits per heavy atom. The maximum absolute atomic E-state index is 12.4. The number of aromatic hydroxyl groups is 2. The highest BCUT2D eigenvalue weighted by Gasteiger charge is 2.24. The summed E-state index contributed by atoms with van der Waals surface area (Å²) >= 11 is 0. The van der Waals surface area contributed by atoms with Gasteiger partial charge in [-0.05, 0) is 112 Å². The van der Waals surface area contributed by atoms with Crippen molar-refractivity contribution in [2.75, 3.05) is 20.3 Å². The molecule has 0 unspecified atom stereocenters. The molecule has 2 N–H and O–H groups in total. The third kappa shape index (κ3) is 6.68. The Hall–Kier alpha value is -6.36. The number of aryl methyl sites for hydroxylation is 2. The number of hydrogen-bond donors (Lipinski definition) is 2. The summed E-state index contributed by atoms with van der Waals surface area (Å²) < 4.78 is 12.2. The van der Waals surface area contributed by atoms with E-state index >= 15 is 0 Å². The SMILES string of the molecule is COCCOc1c(-c2cc(C)cc(-c3cccc4ccccc34)c2O)cc(Cc2ccccc2)cc1-c1cc(C)cc(-c2cccc3ccccc23)c1O. The van der Waals surface area contributed by atoms with Crippen molar-refractivity contribution in [3.63, 3.8) is 0 Å². The predicted octanol–water partition coefficient (Wildman–Crippen LogP) is 12.3. The van der Waals surface area contributed by atoms with Crippen LogP contribution in [0.3, 0.4) is 0 Å². The Kier molecular flexibility index (Phi) is 9.60. The molecule has 0 aliphatic rings. The van der Waals surface area contributed by atoms with Gasteiger partial charge in [0.1, 0.15) is 23.9 Å². The van der Waals surface area contributed by atoms with Crippen LogP contribution >= 0.6 is 0 Å². The first-order valence-corrected chi connectivity index (χ1v) is 18.4. The molecular formula is C50H42O4. The zero-order valence-electron chi connectivity index (χ0n) is 30.8. The van der Waals surface area contributed by atoms with Crippen molar-refractivity contribution in [3.8, 4) is 61.8 Å². The van der Waals surface area contributed by atoms with Gasteiger partial charge in [-0.1, -0.05) is 115 Å². The molecule has 0 fully saturated rings. The van der Waals surface area contributed by atoms with Gasteiger partial charge in [0.2, 0.25) is 0 Å². The molecule has 0 bridgehead atoms. The number of rotatable bonds is 10. The summed E-state index contributed by atoms with van der Waals surface area (Å²) in [6, 6.07) is 51.6. The lowest BCUT2D eigenvalue weighted by molar-refractivity contribution is 0.147. The van der Waals surface area contributed by atoms with Crippen molar-refractivity contribution in [2.45, 2.75) is 20.3 Å². The van der Waals surface area contributed by atoms with Crippen molar-refractivity contribution in [1.29, 1.82) is 0 Å². The second-order valence-electron chi connectivity index (χ2n) is 14.0. The van der Waals surface area contributed by atoms with Gasteiger partial charge in [-0.25, -0.2) is 0 Å². The summed E-state index contributed by atoms with van der Waals surface area (Å²) in [6.07, 6.45) is 0.644. The summed E-state index contributed by atoms with van der Waals surface area (Å²) in [5.41, 5.74) is 10.4. The number of benzene rings is 8. The molecule has 0 aromatic heterocycles. The highest BCUT2D eigenvalue weighted by molar-refractivity contribution is 6.02. The Morgan fingerprint density at radius 2 is 0.870 bits per heavy atom. The quantitative estimate of drug-likeness (QED) is 0.139. The monoisotopic (exact) mass is 706 g/mol. The van der Waals surface area contributed by atoms with Gasteiger partial charge >= 0.3 is 0 Å². The minimum atomic E-state index is 0.168. The minimum absolute atomic E-state index is 0.168. The van der Waals surface area contributed by atoms with Crippen LogP contribution in [0, 0.1) is 13.8 Å². The number of phenols is 2. The van der Waals surface area contributed by atoms with E-state index in [-0.39, 0.29) is 18.1 Å². The van der Waals surface area contributed by atoms with Crippen LogP contribution in [-0.2, 0) is 11.2 Å². The Bertz CT molecular complexity index is 2470. The highest BCUT2D eigenvalue weighted by Crippen LogP contribution is 2.50. The molecule has 8 aromatic carbocycles. The van der Waals surface area contributed by atoms with Gasteiger partial charge in [0.05, 0.1) is 6.61 Å². The lowest BCUT2D eigenvalue weighted by Crippen LogP contribution is -2.07. The first-order valence-electron chi connectivity index (χ1n) is 18.4. The fourth-order valence-corrected chi connectivity index (χ4v) is 7.70. The first-order chi connectivity index (χ1) is 26.4. The largest absolute Gasteiger partial charge is 0.507 e. The third-order valence-electron chi connectivity index (χ3n) is 10.2. The van der Waals surface area contributed by atoms with Crippen LogP contribution in [0.4, 0.5) is 0 Å². The molecule has 0 radical (unpaired) electrons. The van der Waals surface area contributed by atoms with Crippen molar-refractivity contribution in [3.05, 3.63) is 174 Å². The molecule has 0 spiro atoms. The number of phenolic OH excluding ortho intramolecular Hbond substituents is 2. The van der Waals surface area contributed by atoms with Crippen molar-refractivity contribution < 1.29 is 19.7 Å². The van der Waals surface area contributed by atoms with Gasteiger partial charge in [0.15, 0.2) is 0 Å². The normalized spacial score (nSPS) is 11.3. The smallest absolute Gasteiger partial charge is 0.135 e. The predicted molar refractivity (Wildman–Crippen MR) is 223 cm³/mol. The van der Waals surface area contributed by atoms with Crippen molar-refractivity contribution in [1.82, 2.24) is 0 Å². The van der Waals surface area contributed by atoms with E-state index in [2.05, 4.69) is 86.6 Å². The summed E-state index contributed by atoms with van der Waals surface area (Å²) in [5.74, 6) is 0.904. The van der Waals surface area contributed by atoms with Crippen LogP contribution < -0.4 is 4.74 Å². The lowest BCUT2D eigenvalue weighted by Gasteiger charge is -2.22. The van der Waals surface area contributed by atoms with E-state index in [1.54, 1.807) is 7.11 Å². The Morgan fingerprint density at radius 3 is 1.37 bits per heavy atom. The molecule has 0 atom stereocenters. The van der Waals surface area contributed by atoms with E-state index in [1.807, 2.05) is 78.9 Å². The molecule has 266 valence electrons. The zero-order chi connectivity index (χ0) is 37.2. The maximum Gasteiger partial charge on any atom is 0.135 e. The van der Waals surface area contributed by atoms with E-state index in [4.69, 9.17) is 9.47 Å². The average molecular weight is 707 g/mol. The van der Waals surface area contributed by atoms with Crippen LogP contribution in [0.2, 0.25) is 0 Å². The number of fused-ring (bicyclic) bond motifs is 2. The molecule has 8 aromatic rings. The lowest BCUT2D eigenvalue weighted by atomic mass is 9.87. The first kappa shape index (κ1) is 34.7. The zero-order valence-corrected chi connectivity index (χ0v) is 30.8. The van der Waals surface area contributed by atoms with E-state index < -0.39 is 0 Å². The van der Waals surface area contributed by atoms with E-state index in [0.717, 1.165) is 77.2 Å². The van der Waals surface area contributed by atoms with Crippen LogP contribution in [0.1, 0.15) is 22.3 Å². The fourth-order valence-electron chi connectivity index (χ4n) is 7.70. The van der Waals surface area contributed by atoms with Gasteiger partial charge in [-0.2, -0.15) is 0 Å². The molecule has 8 rings (SSSR count). The van der Waals surface area contributed by atoms with E-state index in [9.17, 15) is 10.2 Å². The summed E-state index contributed by atoms with van der Waals surface area (Å²) in [5, 5.41) is 29.1. The molecule has 0 aliphatic heterocycles. The second-order valence-corrected chi connectivity index (χ2v) is 14.0. The van der Waals surface area contributed by atoms with Crippen LogP contribution in [-0.4, -0.2) is 30.5 Å². The molecule has 4 heteroatoms. The fraction of sp³-hybridized carbons (Fsp3) is 0.120. The number of hydrogen-bond acceptors (Lipinski definition) is 4. The third-order valence-corrected chi connectivity index (χ3v) is 10.2. The van der Waals surface area contributed by atoms with E-state index in [0.29, 0.717) is 29.9 Å². The summed E-state index contributed by atoms with van der Waals surface area (Å²) in [6.45, 7) is 4.76. The molecule has 0 amide bonds. The number of methoxy groups -OCH3 is 1. The van der Waals surface area contributed by atoms with Gasteiger partial charge in [-0.3, -0.25) is 0 Å². The van der Waals surface area contributed by atoms with Crippen molar-refractivity contribution in [2.24, 2.45) is 0 Å². The highest BCUT2D eigenvalue weighted by atomic mass is 16.5. The Labute approximate surface area is 316 Å². The van der Waals surface area contributed by atoms with Crippen molar-refractivity contribution >= 4 is 21.5 Å². The maximum atomic E-state index is 12.4. The topological polar surface area (TPSA) is 58.9 Å². The molecule has 4 nitrogen and oxygen atoms in total. The van der Waals surface area contributed by atoms with Gasteiger partial charge < -0.3 is 19.7 Å². The van der Waals surface area contributed by atoms with Gasteiger partial charge in [-0.15, -0.1) is 0 Å². The number of ether oxygens (including phenoxy) is 2. The molecule has 0 heterocycles. The Balaban J connectivity index is 1.41. The average Bonchev–Trinajstić information content (AvgIpc) is 3.20. The van der Waals surface area contributed by atoms with Crippen LogP contribution in [0.25, 0.3) is 66.1 Å². The summed E-state index contributed by atoms with van der Waals surface area (Å²) in [4.78, 5) is 0. The second kappa shape index (κ2) is 14.9. The van der Waals surface area contributed by atoms with Gasteiger partial charge in [0.25, 0.3) is 0 Å². The molecular weight excluding hydrogens is 665 g/mol. The van der Waals surface area contributed by atoms with E-state index in [1.165, 1.54) is 0 Å². The van der Waals surface area contributed by atoms with Crippen LogP contribution in [0.15, 0.2) is 152 Å². The molecule has 54 heavy (non-hydrogen) atoms.